The van der Waals surface area contributed by atoms with Gasteiger partial charge in [-0.2, -0.15) is 0 Å². The standard InChI is InChI=1S/C14H17N3O3S/c1-3-8-17(9-12(18)19)14-16-15-13(21-14)10-4-6-11(20-2)7-5-10/h4-7H,3,8-9H2,1-2H3,(H,18,19). The van der Waals surface area contributed by atoms with Gasteiger partial charge in [-0.3, -0.25) is 4.79 Å². The van der Waals surface area contributed by atoms with Gasteiger partial charge in [0.2, 0.25) is 5.13 Å². The summed E-state index contributed by atoms with van der Waals surface area (Å²) < 4.78 is 5.12. The Bertz CT molecular complexity index is 598. The number of aliphatic carboxylic acids is 1. The summed E-state index contributed by atoms with van der Waals surface area (Å²) in [6.07, 6.45) is 0.852. The smallest absolute Gasteiger partial charge is 0.323 e. The van der Waals surface area contributed by atoms with Gasteiger partial charge in [0, 0.05) is 12.1 Å². The monoisotopic (exact) mass is 307 g/mol. The minimum absolute atomic E-state index is 0.0644. The van der Waals surface area contributed by atoms with Gasteiger partial charge < -0.3 is 14.7 Å². The van der Waals surface area contributed by atoms with E-state index >= 15 is 0 Å². The van der Waals surface area contributed by atoms with E-state index in [-0.39, 0.29) is 6.54 Å². The van der Waals surface area contributed by atoms with Crippen LogP contribution in [0.25, 0.3) is 10.6 Å². The molecule has 1 aromatic heterocycles. The van der Waals surface area contributed by atoms with Crippen LogP contribution in [0.4, 0.5) is 5.13 Å². The molecule has 0 saturated carbocycles. The molecule has 0 atom stereocenters. The van der Waals surface area contributed by atoms with Crippen LogP contribution in [0.1, 0.15) is 13.3 Å². The normalized spacial score (nSPS) is 10.4. The number of hydrogen-bond acceptors (Lipinski definition) is 6. The molecule has 0 fully saturated rings. The van der Waals surface area contributed by atoms with E-state index in [4.69, 9.17) is 9.84 Å². The van der Waals surface area contributed by atoms with Crippen molar-refractivity contribution in [3.05, 3.63) is 24.3 Å². The topological polar surface area (TPSA) is 75.6 Å². The van der Waals surface area contributed by atoms with Gasteiger partial charge in [0.15, 0.2) is 0 Å². The van der Waals surface area contributed by atoms with Crippen LogP contribution in [-0.2, 0) is 4.79 Å². The summed E-state index contributed by atoms with van der Waals surface area (Å²) >= 11 is 1.39. The summed E-state index contributed by atoms with van der Waals surface area (Å²) in [5.74, 6) is -0.0911. The molecule has 1 N–H and O–H groups in total. The Morgan fingerprint density at radius 3 is 2.62 bits per heavy atom. The molecule has 0 aliphatic heterocycles. The number of methoxy groups -OCH3 is 1. The van der Waals surface area contributed by atoms with Crippen LogP contribution in [-0.4, -0.2) is 41.5 Å². The van der Waals surface area contributed by atoms with Crippen molar-refractivity contribution in [2.45, 2.75) is 13.3 Å². The minimum atomic E-state index is -0.871. The minimum Gasteiger partial charge on any atom is -0.497 e. The first-order valence-electron chi connectivity index (χ1n) is 6.58. The fourth-order valence-corrected chi connectivity index (χ4v) is 2.74. The molecule has 0 aliphatic carbocycles. The van der Waals surface area contributed by atoms with Gasteiger partial charge in [-0.1, -0.05) is 18.3 Å². The number of carboxylic acids is 1. The van der Waals surface area contributed by atoms with Crippen molar-refractivity contribution >= 4 is 22.4 Å². The molecular weight excluding hydrogens is 290 g/mol. The number of ether oxygens (including phenoxy) is 1. The summed E-state index contributed by atoms with van der Waals surface area (Å²) in [5, 5.41) is 18.6. The second-order valence-corrected chi connectivity index (χ2v) is 5.39. The number of carbonyl (C=O) groups is 1. The van der Waals surface area contributed by atoms with E-state index in [0.717, 1.165) is 22.7 Å². The Morgan fingerprint density at radius 1 is 1.33 bits per heavy atom. The molecule has 0 amide bonds. The van der Waals surface area contributed by atoms with Gasteiger partial charge in [0.05, 0.1) is 7.11 Å². The van der Waals surface area contributed by atoms with Crippen molar-refractivity contribution in [3.8, 4) is 16.3 Å². The Hall–Kier alpha value is -2.15. The number of rotatable bonds is 7. The molecular formula is C14H17N3O3S. The fourth-order valence-electron chi connectivity index (χ4n) is 1.87. The molecule has 0 saturated heterocycles. The second-order valence-electron chi connectivity index (χ2n) is 4.43. The molecule has 0 spiro atoms. The van der Waals surface area contributed by atoms with Gasteiger partial charge in [0.1, 0.15) is 17.3 Å². The molecule has 7 heteroatoms. The molecule has 0 unspecified atom stereocenters. The van der Waals surface area contributed by atoms with E-state index in [1.165, 1.54) is 11.3 Å². The maximum absolute atomic E-state index is 10.9. The van der Waals surface area contributed by atoms with Crippen LogP contribution in [0.5, 0.6) is 5.75 Å². The predicted molar refractivity (Wildman–Crippen MR) is 82.0 cm³/mol. The van der Waals surface area contributed by atoms with Gasteiger partial charge in [-0.05, 0) is 30.7 Å². The predicted octanol–water partition coefficient (Wildman–Crippen LogP) is 2.51. The maximum atomic E-state index is 10.9. The first-order chi connectivity index (χ1) is 10.1. The van der Waals surface area contributed by atoms with Crippen LogP contribution in [0.3, 0.4) is 0 Å². The van der Waals surface area contributed by atoms with Crippen LogP contribution >= 0.6 is 11.3 Å². The van der Waals surface area contributed by atoms with Gasteiger partial charge in [-0.15, -0.1) is 10.2 Å². The number of hydrogen-bond donors (Lipinski definition) is 1. The van der Waals surface area contributed by atoms with Crippen molar-refractivity contribution < 1.29 is 14.6 Å². The van der Waals surface area contributed by atoms with Crippen LogP contribution in [0.2, 0.25) is 0 Å². The van der Waals surface area contributed by atoms with Gasteiger partial charge in [-0.25, -0.2) is 0 Å². The lowest BCUT2D eigenvalue weighted by Gasteiger charge is -2.17. The third-order valence-electron chi connectivity index (χ3n) is 2.84. The lowest BCUT2D eigenvalue weighted by Crippen LogP contribution is -2.30. The zero-order valence-corrected chi connectivity index (χ0v) is 12.8. The molecule has 1 heterocycles. The van der Waals surface area contributed by atoms with Crippen molar-refractivity contribution in [2.75, 3.05) is 25.1 Å². The zero-order valence-electron chi connectivity index (χ0n) is 11.9. The average Bonchev–Trinajstić information content (AvgIpc) is 2.96. The molecule has 2 aromatic rings. The Kier molecular flexibility index (Phi) is 5.10. The van der Waals surface area contributed by atoms with Crippen molar-refractivity contribution in [1.82, 2.24) is 10.2 Å². The molecule has 1 aromatic carbocycles. The summed E-state index contributed by atoms with van der Waals surface area (Å²) in [7, 11) is 1.62. The van der Waals surface area contributed by atoms with E-state index in [2.05, 4.69) is 10.2 Å². The van der Waals surface area contributed by atoms with E-state index in [1.807, 2.05) is 31.2 Å². The molecule has 0 radical (unpaired) electrons. The maximum Gasteiger partial charge on any atom is 0.323 e. The molecule has 0 aliphatic rings. The Labute approximate surface area is 127 Å². The largest absolute Gasteiger partial charge is 0.497 e. The average molecular weight is 307 g/mol. The molecule has 21 heavy (non-hydrogen) atoms. The van der Waals surface area contributed by atoms with Crippen LogP contribution in [0, 0.1) is 0 Å². The molecule has 6 nitrogen and oxygen atoms in total. The van der Waals surface area contributed by atoms with Crippen molar-refractivity contribution in [3.63, 3.8) is 0 Å². The summed E-state index contributed by atoms with van der Waals surface area (Å²) in [4.78, 5) is 12.6. The highest BCUT2D eigenvalue weighted by Crippen LogP contribution is 2.29. The van der Waals surface area contributed by atoms with E-state index in [9.17, 15) is 4.79 Å². The molecule has 0 bridgehead atoms. The first-order valence-corrected chi connectivity index (χ1v) is 7.40. The SMILES string of the molecule is CCCN(CC(=O)O)c1nnc(-c2ccc(OC)cc2)s1. The highest BCUT2D eigenvalue weighted by Gasteiger charge is 2.15. The van der Waals surface area contributed by atoms with E-state index < -0.39 is 5.97 Å². The molecule has 112 valence electrons. The quantitative estimate of drug-likeness (QED) is 0.847. The number of carboxylic acid groups (broad SMARTS) is 1. The number of anilines is 1. The summed E-state index contributed by atoms with van der Waals surface area (Å²) in [5.41, 5.74) is 0.936. The Balaban J connectivity index is 2.20. The van der Waals surface area contributed by atoms with E-state index in [1.54, 1.807) is 12.0 Å². The Morgan fingerprint density at radius 2 is 2.05 bits per heavy atom. The second kappa shape index (κ2) is 7.03. The highest BCUT2D eigenvalue weighted by atomic mass is 32.1. The molecule has 2 rings (SSSR count). The third-order valence-corrected chi connectivity index (χ3v) is 3.87. The van der Waals surface area contributed by atoms with Crippen LogP contribution in [0.15, 0.2) is 24.3 Å². The summed E-state index contributed by atoms with van der Waals surface area (Å²) in [6.45, 7) is 2.58. The zero-order chi connectivity index (χ0) is 15.2. The van der Waals surface area contributed by atoms with Gasteiger partial charge in [0.25, 0.3) is 0 Å². The van der Waals surface area contributed by atoms with Gasteiger partial charge >= 0.3 is 5.97 Å². The third kappa shape index (κ3) is 3.91. The fraction of sp³-hybridized carbons (Fsp3) is 0.357. The van der Waals surface area contributed by atoms with Crippen molar-refractivity contribution in [2.24, 2.45) is 0 Å². The highest BCUT2D eigenvalue weighted by molar-refractivity contribution is 7.18. The first kappa shape index (κ1) is 15.2. The summed E-state index contributed by atoms with van der Waals surface area (Å²) in [6, 6.07) is 7.53. The lowest BCUT2D eigenvalue weighted by molar-refractivity contribution is -0.135. The van der Waals surface area contributed by atoms with Crippen molar-refractivity contribution in [1.29, 1.82) is 0 Å². The van der Waals surface area contributed by atoms with E-state index in [0.29, 0.717) is 11.7 Å². The lowest BCUT2D eigenvalue weighted by atomic mass is 10.2. The number of aromatic nitrogens is 2. The number of benzene rings is 1. The number of nitrogens with zero attached hydrogens (tertiary/aromatic N) is 3. The van der Waals surface area contributed by atoms with Crippen LogP contribution < -0.4 is 9.64 Å².